The molecule has 11 aromatic rings. The van der Waals surface area contributed by atoms with E-state index in [1.807, 2.05) is 97.0 Å². The number of aryl methyl sites for hydroxylation is 7. The number of aromatic nitrogens is 16. The van der Waals surface area contributed by atoms with Crippen molar-refractivity contribution in [2.45, 2.75) is 94.3 Å². The molecule has 9 heterocycles. The maximum absolute atomic E-state index is 13.8. The Kier molecular flexibility index (Phi) is 9.72. The number of nitrogens with zero attached hydrogens (tertiary/aromatic N) is 15. The van der Waals surface area contributed by atoms with E-state index in [1.165, 1.54) is 0 Å². The molecule has 20 nitrogen and oxygen atoms in total. The molecule has 21 heteroatoms. The van der Waals surface area contributed by atoms with Gasteiger partial charge in [-0.1, -0.05) is 0 Å². The topological polar surface area (TPSA) is 224 Å². The summed E-state index contributed by atoms with van der Waals surface area (Å²) in [4.78, 5) is 99.1. The van der Waals surface area contributed by atoms with E-state index in [-0.39, 0.29) is 39.5 Å². The van der Waals surface area contributed by atoms with Gasteiger partial charge in [-0.3, -0.25) is 32.0 Å². The smallest absolute Gasteiger partial charge is 0.357 e. The van der Waals surface area contributed by atoms with Gasteiger partial charge < -0.3 is 34.9 Å². The Bertz CT molecular complexity index is 4590. The Morgan fingerprint density at radius 2 is 0.634 bits per heavy atom. The van der Waals surface area contributed by atoms with Crippen LogP contribution < -0.4 is 32.7 Å². The zero-order valence-electron chi connectivity index (χ0n) is 39.7. The molecule has 0 spiro atoms. The third-order valence-corrected chi connectivity index (χ3v) is 14.2. The summed E-state index contributed by atoms with van der Waals surface area (Å²) in [6, 6.07) is 15.4. The van der Waals surface area contributed by atoms with Crippen molar-refractivity contribution >= 4 is 88.3 Å². The van der Waals surface area contributed by atoms with Crippen LogP contribution in [0.1, 0.15) is 48.5 Å². The van der Waals surface area contributed by atoms with Crippen LogP contribution in [0.3, 0.4) is 0 Å². The molecule has 71 heavy (non-hydrogen) atoms. The van der Waals surface area contributed by atoms with Crippen LogP contribution in [-0.2, 0) is 62.6 Å². The van der Waals surface area contributed by atoms with Crippen molar-refractivity contribution in [3.05, 3.63) is 90.5 Å². The summed E-state index contributed by atoms with van der Waals surface area (Å²) in [5.74, 6) is 1.20. The number of aromatic amines is 1. The number of rotatable bonds is 7. The first-order chi connectivity index (χ1) is 34.0. The fraction of sp³-hybridized carbons (Fsp3) is 0.280. The van der Waals surface area contributed by atoms with Gasteiger partial charge in [-0.2, -0.15) is 0 Å². The van der Waals surface area contributed by atoms with Crippen LogP contribution in [0.2, 0.25) is 0 Å². The second-order valence-electron chi connectivity index (χ2n) is 17.5. The molecule has 7 aromatic heterocycles. The molecule has 0 unspecified atom stereocenters. The first-order valence-electron chi connectivity index (χ1n) is 23.8. The number of fused-ring (bicyclic) bond motifs is 24. The molecule has 0 atom stereocenters. The molecule has 0 saturated carbocycles. The molecule has 2 aliphatic rings. The molecule has 4 aromatic carbocycles. The number of nitrogens with one attached hydrogen (secondary N) is 1. The molecule has 357 valence electrons. The molecule has 0 saturated heterocycles. The van der Waals surface area contributed by atoms with E-state index in [1.54, 1.807) is 32.0 Å². The quantitative estimate of drug-likeness (QED) is 0.187. The van der Waals surface area contributed by atoms with E-state index in [9.17, 15) is 19.2 Å². The Morgan fingerprint density at radius 1 is 0.366 bits per heavy atom. The number of hydrogen-bond donors (Lipinski definition) is 1. The van der Waals surface area contributed by atoms with Crippen molar-refractivity contribution in [3.63, 3.8) is 0 Å². The first-order valence-corrected chi connectivity index (χ1v) is 23.8. The standard InChI is InChI=1S/C50H45N16O4.Co/c1-8-60-32-16-24-23(15-31(32)51-47(60)67)39-52-40(24)54-42-27-19-35-36(64(12-5)49(69)63(35)11-4)20-28(27)44(56-42)58-46-30-22-38-37(65(13-6)50(70)66(38)14-7)21-29(30)45(59-46)57-43-26-18-34-33(17-25(26)41(53-39)55-43)61(9-2)48(68)62(34)10-3;/h15-22H,8-14H2,1-7H3,(H2-,51,52,53,54,55,56,57,58,59,67);/q-1;+2/p-1. The fourth-order valence-corrected chi connectivity index (χ4v) is 10.9. The van der Waals surface area contributed by atoms with Crippen LogP contribution in [0.15, 0.2) is 67.7 Å². The molecular weight excluding hydrogens is 948 g/mol. The number of benzene rings is 4. The van der Waals surface area contributed by atoms with Gasteiger partial charge in [-0.05, 0) is 119 Å². The predicted octanol–water partition coefficient (Wildman–Crippen LogP) is 6.26. The molecule has 8 bridgehead atoms. The number of hydrogen-bond acceptors (Lipinski definition) is 10. The van der Waals surface area contributed by atoms with Crippen LogP contribution >= 0.6 is 0 Å². The van der Waals surface area contributed by atoms with Gasteiger partial charge in [0.1, 0.15) is 0 Å². The Balaban J connectivity index is 0.00000517. The zero-order valence-corrected chi connectivity index (χ0v) is 40.8. The van der Waals surface area contributed by atoms with Gasteiger partial charge in [-0.25, -0.2) is 29.1 Å². The fourth-order valence-electron chi connectivity index (χ4n) is 10.9. The molecule has 0 fully saturated rings. The Hall–Kier alpha value is -8.17. The van der Waals surface area contributed by atoms with Gasteiger partial charge in [0.05, 0.1) is 67.4 Å². The third-order valence-electron chi connectivity index (χ3n) is 14.2. The monoisotopic (exact) mass is 991 g/mol. The van der Waals surface area contributed by atoms with Gasteiger partial charge in [0.15, 0.2) is 0 Å². The van der Waals surface area contributed by atoms with Crippen LogP contribution in [0.25, 0.3) is 134 Å². The van der Waals surface area contributed by atoms with Gasteiger partial charge in [0, 0.05) is 90.7 Å². The number of imidazole rings is 4. The average molecular weight is 992 g/mol. The van der Waals surface area contributed by atoms with E-state index in [0.29, 0.717) is 147 Å². The Labute approximate surface area is 410 Å². The number of H-pyrrole nitrogens is 1. The molecule has 0 amide bonds. The van der Waals surface area contributed by atoms with Gasteiger partial charge in [0.2, 0.25) is 0 Å². The van der Waals surface area contributed by atoms with E-state index in [4.69, 9.17) is 39.9 Å². The second-order valence-corrected chi connectivity index (χ2v) is 17.5. The first kappa shape index (κ1) is 44.1. The van der Waals surface area contributed by atoms with Crippen molar-refractivity contribution < 1.29 is 16.8 Å². The maximum Gasteiger partial charge on any atom is 2.00 e. The summed E-state index contributed by atoms with van der Waals surface area (Å²) in [7, 11) is 0. The van der Waals surface area contributed by atoms with Gasteiger partial charge in [0.25, 0.3) is 0 Å². The maximum atomic E-state index is 13.8. The molecular formula is C50H44CoN16O4. The SMILES string of the molecule is CCn1c(=O)[nH]c2cc3c(cc21)-c1nc-3nc2[n-]c(nc3nc(nc4[n-]c(n1)c1cc5c(cc41)n(CC)c(=O)n5CC)-c1cc4c(cc1-3)n(CC)c(=O)n4CC)c1cc3c(cc21)n(CC)c(=O)n3CC.[Co+2]. The van der Waals surface area contributed by atoms with Gasteiger partial charge >= 0.3 is 39.5 Å². The van der Waals surface area contributed by atoms with Crippen molar-refractivity contribution in [1.29, 1.82) is 0 Å². The Morgan fingerprint density at radius 3 is 0.930 bits per heavy atom. The minimum atomic E-state index is -0.248. The average Bonchev–Trinajstić information content (AvgIpc) is 4.23. The molecule has 2 aliphatic heterocycles. The van der Waals surface area contributed by atoms with Crippen molar-refractivity contribution in [1.82, 2.24) is 76.8 Å². The van der Waals surface area contributed by atoms with E-state index in [0.717, 1.165) is 33.1 Å². The summed E-state index contributed by atoms with van der Waals surface area (Å²) in [5, 5.41) is 2.54. The summed E-state index contributed by atoms with van der Waals surface area (Å²) in [6.45, 7) is 16.7. The van der Waals surface area contributed by atoms with Crippen molar-refractivity contribution in [2.75, 3.05) is 0 Å². The largest absolute Gasteiger partial charge is 2.00 e. The van der Waals surface area contributed by atoms with E-state index < -0.39 is 0 Å². The zero-order chi connectivity index (χ0) is 48.2. The molecule has 1 N–H and O–H groups in total. The van der Waals surface area contributed by atoms with Crippen LogP contribution in [0, 0.1) is 0 Å². The van der Waals surface area contributed by atoms with E-state index >= 15 is 0 Å². The van der Waals surface area contributed by atoms with Crippen LogP contribution in [0.4, 0.5) is 0 Å². The molecule has 1 radical (unpaired) electrons. The minimum absolute atomic E-state index is 0. The minimum Gasteiger partial charge on any atom is -0.357 e. The summed E-state index contributed by atoms with van der Waals surface area (Å²) < 4.78 is 12.1. The predicted molar refractivity (Wildman–Crippen MR) is 269 cm³/mol. The second kappa shape index (κ2) is 15.7. The van der Waals surface area contributed by atoms with Crippen molar-refractivity contribution in [3.8, 4) is 45.6 Å². The summed E-state index contributed by atoms with van der Waals surface area (Å²) >= 11 is 0. The van der Waals surface area contributed by atoms with Crippen molar-refractivity contribution in [2.24, 2.45) is 0 Å². The van der Waals surface area contributed by atoms with Crippen LogP contribution in [0.5, 0.6) is 0 Å². The summed E-state index contributed by atoms with van der Waals surface area (Å²) in [5.41, 5.74) is 8.70. The summed E-state index contributed by atoms with van der Waals surface area (Å²) in [6.07, 6.45) is 0. The third kappa shape index (κ3) is 5.89. The van der Waals surface area contributed by atoms with Crippen LogP contribution in [-0.4, -0.2) is 66.9 Å². The van der Waals surface area contributed by atoms with Gasteiger partial charge in [-0.15, -0.1) is 0 Å². The molecule has 0 aliphatic carbocycles. The molecule has 13 rings (SSSR count). The normalized spacial score (nSPS) is 12.4. The van der Waals surface area contributed by atoms with E-state index in [2.05, 4.69) is 4.98 Å².